The van der Waals surface area contributed by atoms with Gasteiger partial charge in [0.2, 0.25) is 0 Å². The second-order valence-corrected chi connectivity index (χ2v) is 5.94. The molecule has 0 N–H and O–H groups in total. The van der Waals surface area contributed by atoms with Crippen LogP contribution in [0.25, 0.3) is 0 Å². The first kappa shape index (κ1) is 14.2. The summed E-state index contributed by atoms with van der Waals surface area (Å²) in [7, 11) is 3.26. The SMILES string of the molecule is COc1ccc(CC(Cl)c2cnc(C)s2)cc1OC. The van der Waals surface area contributed by atoms with Gasteiger partial charge in [-0.3, -0.25) is 0 Å². The van der Waals surface area contributed by atoms with Gasteiger partial charge in [0.25, 0.3) is 0 Å². The zero-order valence-corrected chi connectivity index (χ0v) is 12.7. The van der Waals surface area contributed by atoms with Crippen molar-refractivity contribution in [3.05, 3.63) is 39.8 Å². The van der Waals surface area contributed by atoms with Crippen LogP contribution in [0.2, 0.25) is 0 Å². The van der Waals surface area contributed by atoms with E-state index in [4.69, 9.17) is 21.1 Å². The molecule has 1 aromatic carbocycles. The normalized spacial score (nSPS) is 12.2. The van der Waals surface area contributed by atoms with Gasteiger partial charge >= 0.3 is 0 Å². The molecule has 2 aromatic rings. The van der Waals surface area contributed by atoms with E-state index in [1.54, 1.807) is 25.6 Å². The zero-order valence-electron chi connectivity index (χ0n) is 11.1. The molecule has 0 aliphatic rings. The number of halogens is 1. The van der Waals surface area contributed by atoms with Crippen LogP contribution in [0.5, 0.6) is 11.5 Å². The second kappa shape index (κ2) is 6.26. The van der Waals surface area contributed by atoms with Gasteiger partial charge < -0.3 is 9.47 Å². The van der Waals surface area contributed by atoms with E-state index in [0.29, 0.717) is 0 Å². The smallest absolute Gasteiger partial charge is 0.160 e. The monoisotopic (exact) mass is 297 g/mol. The van der Waals surface area contributed by atoms with E-state index in [2.05, 4.69) is 4.98 Å². The fourth-order valence-corrected chi connectivity index (χ4v) is 2.97. The molecule has 2 rings (SSSR count). The van der Waals surface area contributed by atoms with Crippen LogP contribution in [0.1, 0.15) is 20.8 Å². The van der Waals surface area contributed by atoms with Crippen LogP contribution in [-0.2, 0) is 6.42 Å². The van der Waals surface area contributed by atoms with Crippen molar-refractivity contribution in [1.29, 1.82) is 0 Å². The van der Waals surface area contributed by atoms with Gasteiger partial charge in [-0.1, -0.05) is 6.07 Å². The molecule has 0 amide bonds. The first-order chi connectivity index (χ1) is 9.13. The Labute approximate surface area is 122 Å². The Kier molecular flexibility index (Phi) is 4.66. The highest BCUT2D eigenvalue weighted by atomic mass is 35.5. The minimum atomic E-state index is -0.0655. The van der Waals surface area contributed by atoms with Gasteiger partial charge in [-0.25, -0.2) is 4.98 Å². The molecule has 0 radical (unpaired) electrons. The summed E-state index contributed by atoms with van der Waals surface area (Å²) in [6.45, 7) is 1.98. The van der Waals surface area contributed by atoms with Crippen LogP contribution in [0, 0.1) is 6.92 Å². The number of aromatic nitrogens is 1. The molecular formula is C14H16ClNO2S. The molecular weight excluding hydrogens is 282 g/mol. The van der Waals surface area contributed by atoms with Crippen molar-refractivity contribution in [2.45, 2.75) is 18.7 Å². The van der Waals surface area contributed by atoms with E-state index in [1.165, 1.54) is 0 Å². The number of rotatable bonds is 5. The molecule has 0 aliphatic carbocycles. The minimum absolute atomic E-state index is 0.0655. The van der Waals surface area contributed by atoms with Crippen LogP contribution in [0.15, 0.2) is 24.4 Å². The number of benzene rings is 1. The van der Waals surface area contributed by atoms with Crippen LogP contribution >= 0.6 is 22.9 Å². The molecule has 0 aliphatic heterocycles. The maximum Gasteiger partial charge on any atom is 0.160 e. The van der Waals surface area contributed by atoms with Crippen LogP contribution in [0.4, 0.5) is 0 Å². The van der Waals surface area contributed by atoms with Crippen molar-refractivity contribution in [3.63, 3.8) is 0 Å². The molecule has 1 unspecified atom stereocenters. The zero-order chi connectivity index (χ0) is 13.8. The van der Waals surface area contributed by atoms with Crippen LogP contribution in [-0.4, -0.2) is 19.2 Å². The summed E-state index contributed by atoms with van der Waals surface area (Å²) < 4.78 is 10.5. The predicted octanol–water partition coefficient (Wildman–Crippen LogP) is 3.99. The first-order valence-corrected chi connectivity index (χ1v) is 7.16. The molecule has 0 saturated carbocycles. The average molecular weight is 298 g/mol. The summed E-state index contributed by atoms with van der Waals surface area (Å²) in [5, 5.41) is 0.970. The molecule has 0 bridgehead atoms. The molecule has 1 aromatic heterocycles. The Balaban J connectivity index is 2.14. The van der Waals surface area contributed by atoms with Gasteiger partial charge in [-0.15, -0.1) is 22.9 Å². The maximum absolute atomic E-state index is 6.42. The van der Waals surface area contributed by atoms with E-state index in [-0.39, 0.29) is 5.38 Å². The Morgan fingerprint density at radius 3 is 2.58 bits per heavy atom. The summed E-state index contributed by atoms with van der Waals surface area (Å²) >= 11 is 8.06. The van der Waals surface area contributed by atoms with E-state index in [9.17, 15) is 0 Å². The standard InChI is InChI=1S/C14H16ClNO2S/c1-9-16-8-14(19-9)11(15)6-10-4-5-12(17-2)13(7-10)18-3/h4-5,7-8,11H,6H2,1-3H3. The third-order valence-corrected chi connectivity index (χ3v) is 4.36. The first-order valence-electron chi connectivity index (χ1n) is 5.91. The van der Waals surface area contributed by atoms with Crippen molar-refractivity contribution in [3.8, 4) is 11.5 Å². The van der Waals surface area contributed by atoms with Crippen LogP contribution in [0.3, 0.4) is 0 Å². The molecule has 1 heterocycles. The molecule has 5 heteroatoms. The van der Waals surface area contributed by atoms with Crippen molar-refractivity contribution in [2.24, 2.45) is 0 Å². The van der Waals surface area contributed by atoms with Crippen LogP contribution < -0.4 is 9.47 Å². The number of ether oxygens (including phenoxy) is 2. The third-order valence-electron chi connectivity index (χ3n) is 2.81. The summed E-state index contributed by atoms with van der Waals surface area (Å²) in [6.07, 6.45) is 2.59. The number of alkyl halides is 1. The number of methoxy groups -OCH3 is 2. The Morgan fingerprint density at radius 1 is 1.26 bits per heavy atom. The lowest BCUT2D eigenvalue weighted by Crippen LogP contribution is -1.96. The van der Waals surface area contributed by atoms with Crippen molar-refractivity contribution < 1.29 is 9.47 Å². The minimum Gasteiger partial charge on any atom is -0.493 e. The predicted molar refractivity (Wildman–Crippen MR) is 78.7 cm³/mol. The van der Waals surface area contributed by atoms with Gasteiger partial charge in [0.05, 0.1) is 24.6 Å². The fraction of sp³-hybridized carbons (Fsp3) is 0.357. The molecule has 102 valence electrons. The second-order valence-electron chi connectivity index (χ2n) is 4.14. The summed E-state index contributed by atoms with van der Waals surface area (Å²) in [5.74, 6) is 1.45. The fourth-order valence-electron chi connectivity index (χ4n) is 1.84. The van der Waals surface area contributed by atoms with E-state index < -0.39 is 0 Å². The Hall–Kier alpha value is -1.26. The maximum atomic E-state index is 6.42. The van der Waals surface area contributed by atoms with E-state index >= 15 is 0 Å². The highest BCUT2D eigenvalue weighted by molar-refractivity contribution is 7.11. The average Bonchev–Trinajstić information content (AvgIpc) is 2.85. The topological polar surface area (TPSA) is 31.4 Å². The van der Waals surface area contributed by atoms with Crippen molar-refractivity contribution in [2.75, 3.05) is 14.2 Å². The summed E-state index contributed by atoms with van der Waals surface area (Å²) in [6, 6.07) is 5.86. The van der Waals surface area contributed by atoms with Crippen molar-refractivity contribution >= 4 is 22.9 Å². The van der Waals surface area contributed by atoms with Crippen molar-refractivity contribution in [1.82, 2.24) is 4.98 Å². The molecule has 1 atom stereocenters. The van der Waals surface area contributed by atoms with Gasteiger partial charge in [0.15, 0.2) is 11.5 Å². The van der Waals surface area contributed by atoms with Gasteiger partial charge in [0.1, 0.15) is 0 Å². The Bertz CT molecular complexity index is 556. The highest BCUT2D eigenvalue weighted by Crippen LogP contribution is 2.33. The number of thiazole rings is 1. The molecule has 0 fully saturated rings. The molecule has 0 spiro atoms. The number of nitrogens with zero attached hydrogens (tertiary/aromatic N) is 1. The van der Waals surface area contributed by atoms with E-state index in [0.717, 1.165) is 33.4 Å². The lowest BCUT2D eigenvalue weighted by atomic mass is 10.1. The number of hydrogen-bond donors (Lipinski definition) is 0. The summed E-state index contributed by atoms with van der Waals surface area (Å²) in [5.41, 5.74) is 1.11. The summed E-state index contributed by atoms with van der Waals surface area (Å²) in [4.78, 5) is 5.32. The lowest BCUT2D eigenvalue weighted by Gasteiger charge is -2.11. The number of hydrogen-bond acceptors (Lipinski definition) is 4. The lowest BCUT2D eigenvalue weighted by molar-refractivity contribution is 0.354. The van der Waals surface area contributed by atoms with Gasteiger partial charge in [-0.05, 0) is 31.0 Å². The number of aryl methyl sites for hydroxylation is 1. The molecule has 0 saturated heterocycles. The highest BCUT2D eigenvalue weighted by Gasteiger charge is 2.13. The molecule has 3 nitrogen and oxygen atoms in total. The Morgan fingerprint density at radius 2 is 2.00 bits per heavy atom. The largest absolute Gasteiger partial charge is 0.493 e. The quantitative estimate of drug-likeness (QED) is 0.782. The van der Waals surface area contributed by atoms with Gasteiger partial charge in [-0.2, -0.15) is 0 Å². The molecule has 19 heavy (non-hydrogen) atoms. The third kappa shape index (κ3) is 3.39. The van der Waals surface area contributed by atoms with E-state index in [1.807, 2.05) is 31.3 Å². The van der Waals surface area contributed by atoms with Gasteiger partial charge in [0, 0.05) is 11.1 Å².